The second-order valence-electron chi connectivity index (χ2n) is 5.83. The van der Waals surface area contributed by atoms with Crippen molar-refractivity contribution >= 4 is 28.9 Å². The zero-order valence-electron chi connectivity index (χ0n) is 11.7. The van der Waals surface area contributed by atoms with E-state index < -0.39 is 0 Å². The molecule has 1 heterocycles. The summed E-state index contributed by atoms with van der Waals surface area (Å²) < 4.78 is 0. The molecular weight excluding hydrogens is 272 g/mol. The molecule has 4 heteroatoms. The predicted octanol–water partition coefficient (Wildman–Crippen LogP) is 4.07. The highest BCUT2D eigenvalue weighted by atomic mass is 35.5. The van der Waals surface area contributed by atoms with Gasteiger partial charge in [-0.15, -0.1) is 0 Å². The summed E-state index contributed by atoms with van der Waals surface area (Å²) in [5.74, 6) is 0.296. The van der Waals surface area contributed by atoms with E-state index in [1.165, 1.54) is 25.7 Å². The quantitative estimate of drug-likeness (QED) is 0.911. The minimum Gasteiger partial charge on any atom is -0.371 e. The number of carbonyl (C=O) groups is 1. The normalized spacial score (nSPS) is 19.6. The molecule has 1 aromatic rings. The number of carbonyl (C=O) groups excluding carboxylic acids is 1. The van der Waals surface area contributed by atoms with Crippen LogP contribution in [0.5, 0.6) is 0 Å². The highest BCUT2D eigenvalue weighted by molar-refractivity contribution is 6.33. The van der Waals surface area contributed by atoms with Crippen LogP contribution in [-0.4, -0.2) is 19.0 Å². The van der Waals surface area contributed by atoms with Crippen LogP contribution in [-0.2, 0) is 4.79 Å². The second kappa shape index (κ2) is 6.04. The van der Waals surface area contributed by atoms with E-state index in [0.717, 1.165) is 37.3 Å². The van der Waals surface area contributed by atoms with Crippen LogP contribution >= 0.6 is 11.6 Å². The first-order valence-electron chi connectivity index (χ1n) is 7.59. The highest BCUT2D eigenvalue weighted by Gasteiger charge is 2.23. The first-order valence-corrected chi connectivity index (χ1v) is 7.97. The van der Waals surface area contributed by atoms with Crippen molar-refractivity contribution in [1.82, 2.24) is 0 Å². The van der Waals surface area contributed by atoms with Crippen LogP contribution in [0.25, 0.3) is 0 Å². The third kappa shape index (κ3) is 2.93. The van der Waals surface area contributed by atoms with Gasteiger partial charge in [0.15, 0.2) is 0 Å². The van der Waals surface area contributed by atoms with Crippen molar-refractivity contribution in [3.8, 4) is 0 Å². The molecule has 1 amide bonds. The topological polar surface area (TPSA) is 32.3 Å². The van der Waals surface area contributed by atoms with Crippen LogP contribution in [0.15, 0.2) is 18.2 Å². The predicted molar refractivity (Wildman–Crippen MR) is 83.5 cm³/mol. The minimum atomic E-state index is 0.128. The average molecular weight is 293 g/mol. The molecule has 0 spiro atoms. The van der Waals surface area contributed by atoms with Crippen molar-refractivity contribution in [3.05, 3.63) is 23.2 Å². The molecule has 20 heavy (non-hydrogen) atoms. The Balaban J connectivity index is 1.74. The van der Waals surface area contributed by atoms with Gasteiger partial charge in [0.05, 0.1) is 10.7 Å². The van der Waals surface area contributed by atoms with Crippen molar-refractivity contribution in [3.63, 3.8) is 0 Å². The Morgan fingerprint density at radius 2 is 1.85 bits per heavy atom. The summed E-state index contributed by atoms with van der Waals surface area (Å²) in [4.78, 5) is 14.6. The van der Waals surface area contributed by atoms with E-state index in [-0.39, 0.29) is 11.8 Å². The number of amides is 1. The molecule has 0 aromatic heterocycles. The fourth-order valence-corrected chi connectivity index (χ4v) is 3.37. The van der Waals surface area contributed by atoms with Crippen LogP contribution in [0, 0.1) is 5.92 Å². The van der Waals surface area contributed by atoms with Gasteiger partial charge >= 0.3 is 0 Å². The second-order valence-corrected chi connectivity index (χ2v) is 6.24. The van der Waals surface area contributed by atoms with E-state index in [4.69, 9.17) is 11.6 Å². The van der Waals surface area contributed by atoms with Gasteiger partial charge < -0.3 is 10.2 Å². The molecule has 0 unspecified atom stereocenters. The molecule has 1 saturated carbocycles. The monoisotopic (exact) mass is 292 g/mol. The minimum absolute atomic E-state index is 0.128. The van der Waals surface area contributed by atoms with Crippen LogP contribution in [0.3, 0.4) is 0 Å². The van der Waals surface area contributed by atoms with Crippen molar-refractivity contribution in [2.75, 3.05) is 23.3 Å². The van der Waals surface area contributed by atoms with Gasteiger partial charge in [0.25, 0.3) is 0 Å². The molecule has 1 aromatic carbocycles. The smallest absolute Gasteiger partial charge is 0.227 e. The number of hydrogen-bond donors (Lipinski definition) is 1. The summed E-state index contributed by atoms with van der Waals surface area (Å²) in [7, 11) is 0. The number of nitrogens with zero attached hydrogens (tertiary/aromatic N) is 1. The van der Waals surface area contributed by atoms with Crippen LogP contribution in [0.4, 0.5) is 11.4 Å². The summed E-state index contributed by atoms with van der Waals surface area (Å²) in [5, 5.41) is 3.64. The van der Waals surface area contributed by atoms with Gasteiger partial charge in [-0.1, -0.05) is 24.4 Å². The van der Waals surface area contributed by atoms with Gasteiger partial charge in [0, 0.05) is 24.7 Å². The lowest BCUT2D eigenvalue weighted by molar-refractivity contribution is -0.119. The first-order chi connectivity index (χ1) is 9.74. The third-order valence-corrected chi connectivity index (χ3v) is 4.73. The number of hydrogen-bond acceptors (Lipinski definition) is 2. The third-order valence-electron chi connectivity index (χ3n) is 4.40. The molecule has 1 aliphatic heterocycles. The molecule has 1 aliphatic carbocycles. The lowest BCUT2D eigenvalue weighted by atomic mass is 10.1. The van der Waals surface area contributed by atoms with E-state index in [9.17, 15) is 4.79 Å². The van der Waals surface area contributed by atoms with Gasteiger partial charge in [-0.3, -0.25) is 4.79 Å². The Hall–Kier alpha value is -1.22. The van der Waals surface area contributed by atoms with E-state index in [1.807, 2.05) is 18.2 Å². The maximum Gasteiger partial charge on any atom is 0.227 e. The number of nitrogens with one attached hydrogen (secondary N) is 1. The lowest BCUT2D eigenvalue weighted by Gasteiger charge is -2.19. The zero-order valence-corrected chi connectivity index (χ0v) is 12.5. The van der Waals surface area contributed by atoms with Crippen LogP contribution in [0.1, 0.15) is 38.5 Å². The van der Waals surface area contributed by atoms with Gasteiger partial charge in [-0.05, 0) is 43.9 Å². The van der Waals surface area contributed by atoms with Crippen molar-refractivity contribution in [1.29, 1.82) is 0 Å². The Morgan fingerprint density at radius 3 is 2.55 bits per heavy atom. The Labute approximate surface area is 125 Å². The summed E-state index contributed by atoms with van der Waals surface area (Å²) in [5.41, 5.74) is 1.92. The lowest BCUT2D eigenvalue weighted by Crippen LogP contribution is -2.21. The number of benzene rings is 1. The fraction of sp³-hybridized carbons (Fsp3) is 0.562. The molecule has 0 radical (unpaired) electrons. The summed E-state index contributed by atoms with van der Waals surface area (Å²) in [6.45, 7) is 2.19. The number of rotatable bonds is 3. The molecule has 0 bridgehead atoms. The molecule has 0 atom stereocenters. The molecule has 2 aliphatic rings. The highest BCUT2D eigenvalue weighted by Crippen LogP contribution is 2.31. The first kappa shape index (κ1) is 13.7. The zero-order chi connectivity index (χ0) is 13.9. The standard InChI is InChI=1S/C16H21ClN2O/c17-14-8-7-13(19-9-3-4-10-19)11-15(14)18-16(20)12-5-1-2-6-12/h7-8,11-12H,1-6,9-10H2,(H,18,20). The van der Waals surface area contributed by atoms with Crippen LogP contribution < -0.4 is 10.2 Å². The summed E-state index contributed by atoms with van der Waals surface area (Å²) >= 11 is 6.22. The van der Waals surface area contributed by atoms with Gasteiger partial charge in [0.1, 0.15) is 0 Å². The van der Waals surface area contributed by atoms with Gasteiger partial charge in [-0.2, -0.15) is 0 Å². The maximum absolute atomic E-state index is 12.2. The van der Waals surface area contributed by atoms with E-state index >= 15 is 0 Å². The van der Waals surface area contributed by atoms with Crippen molar-refractivity contribution < 1.29 is 4.79 Å². The molecule has 1 saturated heterocycles. The van der Waals surface area contributed by atoms with Crippen molar-refractivity contribution in [2.24, 2.45) is 5.92 Å². The summed E-state index contributed by atoms with van der Waals surface area (Å²) in [6.07, 6.45) is 6.84. The molecule has 3 rings (SSSR count). The largest absolute Gasteiger partial charge is 0.371 e. The van der Waals surface area contributed by atoms with E-state index in [2.05, 4.69) is 10.2 Å². The average Bonchev–Trinajstić information content (AvgIpc) is 3.14. The molecule has 108 valence electrons. The maximum atomic E-state index is 12.2. The van der Waals surface area contributed by atoms with Gasteiger partial charge in [-0.25, -0.2) is 0 Å². The van der Waals surface area contributed by atoms with Crippen LogP contribution in [0.2, 0.25) is 5.02 Å². The number of halogens is 1. The Bertz CT molecular complexity index is 491. The van der Waals surface area contributed by atoms with Crippen molar-refractivity contribution in [2.45, 2.75) is 38.5 Å². The summed E-state index contributed by atoms with van der Waals surface area (Å²) in [6, 6.07) is 5.94. The Kier molecular flexibility index (Phi) is 4.16. The van der Waals surface area contributed by atoms with Gasteiger partial charge in [0.2, 0.25) is 5.91 Å². The molecular formula is C16H21ClN2O. The molecule has 2 fully saturated rings. The number of anilines is 2. The fourth-order valence-electron chi connectivity index (χ4n) is 3.20. The molecule has 3 nitrogen and oxygen atoms in total. The Morgan fingerprint density at radius 1 is 1.15 bits per heavy atom. The SMILES string of the molecule is O=C(Nc1cc(N2CCCC2)ccc1Cl)C1CCCC1. The van der Waals surface area contributed by atoms with E-state index in [0.29, 0.717) is 5.02 Å². The van der Waals surface area contributed by atoms with E-state index in [1.54, 1.807) is 0 Å². The molecule has 1 N–H and O–H groups in total.